The van der Waals surface area contributed by atoms with Crippen LogP contribution in [0.1, 0.15) is 19.4 Å². The van der Waals surface area contributed by atoms with E-state index in [4.69, 9.17) is 12.2 Å². The van der Waals surface area contributed by atoms with Gasteiger partial charge in [-0.05, 0) is 35.8 Å². The second-order valence-electron chi connectivity index (χ2n) is 4.72. The van der Waals surface area contributed by atoms with E-state index in [2.05, 4.69) is 5.32 Å². The van der Waals surface area contributed by atoms with E-state index >= 15 is 0 Å². The van der Waals surface area contributed by atoms with E-state index in [1.54, 1.807) is 12.1 Å². The molecule has 1 saturated heterocycles. The van der Waals surface area contributed by atoms with Gasteiger partial charge in [0.25, 0.3) is 5.91 Å². The molecule has 1 aromatic rings. The second-order valence-corrected chi connectivity index (χ2v) is 5.11. The third-order valence-corrected chi connectivity index (χ3v) is 3.32. The number of benzene rings is 1. The Morgan fingerprint density at radius 2 is 2.00 bits per heavy atom. The van der Waals surface area contributed by atoms with Crippen LogP contribution >= 0.6 is 12.2 Å². The number of carbonyl (C=O) groups excluding carboxylic acids is 1. The van der Waals surface area contributed by atoms with Crippen LogP contribution in [0.25, 0.3) is 0 Å². The summed E-state index contributed by atoms with van der Waals surface area (Å²) in [4.78, 5) is 13.7. The highest BCUT2D eigenvalue weighted by molar-refractivity contribution is 7.80. The summed E-state index contributed by atoms with van der Waals surface area (Å²) in [6.07, 6.45) is 0. The zero-order valence-corrected chi connectivity index (χ0v) is 11.1. The summed E-state index contributed by atoms with van der Waals surface area (Å²) in [7, 11) is 0. The lowest BCUT2D eigenvalue weighted by molar-refractivity contribution is -0.128. The van der Waals surface area contributed by atoms with Crippen LogP contribution in [0, 0.1) is 11.7 Å². The average Bonchev–Trinajstić information content (AvgIpc) is 2.60. The highest BCUT2D eigenvalue weighted by Crippen LogP contribution is 2.17. The van der Waals surface area contributed by atoms with Crippen molar-refractivity contribution in [2.45, 2.75) is 26.4 Å². The lowest BCUT2D eigenvalue weighted by Gasteiger charge is -2.15. The van der Waals surface area contributed by atoms with E-state index in [-0.39, 0.29) is 23.7 Å². The molecule has 0 radical (unpaired) electrons. The molecule has 1 amide bonds. The van der Waals surface area contributed by atoms with Gasteiger partial charge in [-0.3, -0.25) is 9.69 Å². The summed E-state index contributed by atoms with van der Waals surface area (Å²) in [5, 5.41) is 3.47. The van der Waals surface area contributed by atoms with Gasteiger partial charge in [0.2, 0.25) is 0 Å². The topological polar surface area (TPSA) is 32.3 Å². The largest absolute Gasteiger partial charge is 0.350 e. The molecule has 0 saturated carbocycles. The van der Waals surface area contributed by atoms with Crippen LogP contribution in [0.15, 0.2) is 24.3 Å². The Kier molecular flexibility index (Phi) is 3.61. The maximum atomic E-state index is 12.8. The van der Waals surface area contributed by atoms with Crippen molar-refractivity contribution in [2.75, 3.05) is 0 Å². The summed E-state index contributed by atoms with van der Waals surface area (Å²) < 4.78 is 12.8. The van der Waals surface area contributed by atoms with Gasteiger partial charge in [-0.2, -0.15) is 0 Å². The number of amides is 1. The molecule has 1 N–H and O–H groups in total. The molecule has 5 heteroatoms. The molecular formula is C13H15FN2OS. The first-order valence-electron chi connectivity index (χ1n) is 5.85. The van der Waals surface area contributed by atoms with Gasteiger partial charge in [-0.1, -0.05) is 26.0 Å². The zero-order chi connectivity index (χ0) is 13.3. The minimum absolute atomic E-state index is 0.0145. The highest BCUT2D eigenvalue weighted by Gasteiger charge is 2.36. The molecule has 0 aliphatic carbocycles. The molecule has 0 bridgehead atoms. The van der Waals surface area contributed by atoms with Crippen LogP contribution < -0.4 is 5.32 Å². The van der Waals surface area contributed by atoms with Crippen LogP contribution in [0.3, 0.4) is 0 Å². The number of thiocarbonyl (C=S) groups is 1. The summed E-state index contributed by atoms with van der Waals surface area (Å²) in [6, 6.07) is 5.83. The average molecular weight is 266 g/mol. The summed E-state index contributed by atoms with van der Waals surface area (Å²) in [5.41, 5.74) is 0.860. The Labute approximate surface area is 111 Å². The van der Waals surface area contributed by atoms with E-state index in [0.717, 1.165) is 5.56 Å². The second kappa shape index (κ2) is 5.02. The number of halogens is 1. The van der Waals surface area contributed by atoms with E-state index in [1.165, 1.54) is 17.0 Å². The van der Waals surface area contributed by atoms with E-state index in [9.17, 15) is 9.18 Å². The van der Waals surface area contributed by atoms with Crippen molar-refractivity contribution >= 4 is 23.2 Å². The molecular weight excluding hydrogens is 251 g/mol. The van der Waals surface area contributed by atoms with Crippen molar-refractivity contribution < 1.29 is 9.18 Å². The van der Waals surface area contributed by atoms with Gasteiger partial charge < -0.3 is 5.32 Å². The van der Waals surface area contributed by atoms with Gasteiger partial charge in [0.1, 0.15) is 11.9 Å². The third kappa shape index (κ3) is 2.51. The number of rotatable bonds is 3. The Balaban J connectivity index is 2.12. The van der Waals surface area contributed by atoms with E-state index in [0.29, 0.717) is 11.7 Å². The Morgan fingerprint density at radius 1 is 1.39 bits per heavy atom. The minimum Gasteiger partial charge on any atom is -0.350 e. The number of hydrogen-bond acceptors (Lipinski definition) is 2. The molecule has 1 aliphatic heterocycles. The first-order valence-corrected chi connectivity index (χ1v) is 6.26. The first kappa shape index (κ1) is 13.0. The maximum Gasteiger partial charge on any atom is 0.251 e. The van der Waals surface area contributed by atoms with Crippen LogP contribution in [-0.2, 0) is 11.3 Å². The van der Waals surface area contributed by atoms with Gasteiger partial charge in [0.05, 0.1) is 6.54 Å². The van der Waals surface area contributed by atoms with Crippen molar-refractivity contribution in [2.24, 2.45) is 5.92 Å². The number of nitrogens with zero attached hydrogens (tertiary/aromatic N) is 1. The lowest BCUT2D eigenvalue weighted by atomic mass is 10.0. The molecule has 0 spiro atoms. The standard InChI is InChI=1S/C13H15FN2OS/c1-8(2)11-12(17)16(13(18)15-11)7-9-3-5-10(14)6-4-9/h3-6,8,11H,7H2,1-2H3,(H,15,18)/t11-/m1/s1. The van der Waals surface area contributed by atoms with Gasteiger partial charge >= 0.3 is 0 Å². The quantitative estimate of drug-likeness (QED) is 0.850. The van der Waals surface area contributed by atoms with Crippen LogP contribution in [-0.4, -0.2) is 22.0 Å². The fourth-order valence-electron chi connectivity index (χ4n) is 1.91. The molecule has 1 heterocycles. The van der Waals surface area contributed by atoms with Crippen molar-refractivity contribution in [3.63, 3.8) is 0 Å². The highest BCUT2D eigenvalue weighted by atomic mass is 32.1. The normalized spacial score (nSPS) is 19.6. The fraction of sp³-hybridized carbons (Fsp3) is 0.385. The molecule has 0 unspecified atom stereocenters. The minimum atomic E-state index is -0.285. The van der Waals surface area contributed by atoms with Crippen LogP contribution in [0.2, 0.25) is 0 Å². The predicted octanol–water partition coefficient (Wildman–Crippen LogP) is 2.07. The number of nitrogens with one attached hydrogen (secondary N) is 1. The fourth-order valence-corrected chi connectivity index (χ4v) is 2.20. The monoisotopic (exact) mass is 266 g/mol. The number of carbonyl (C=O) groups is 1. The number of hydrogen-bond donors (Lipinski definition) is 1. The predicted molar refractivity (Wildman–Crippen MR) is 71.3 cm³/mol. The molecule has 1 aliphatic rings. The molecule has 1 atom stereocenters. The summed E-state index contributed by atoms with van der Waals surface area (Å²) in [6.45, 7) is 4.33. The van der Waals surface area contributed by atoms with Crippen LogP contribution in [0.4, 0.5) is 4.39 Å². The van der Waals surface area contributed by atoms with Crippen molar-refractivity contribution in [1.82, 2.24) is 10.2 Å². The van der Waals surface area contributed by atoms with E-state index in [1.807, 2.05) is 13.8 Å². The smallest absolute Gasteiger partial charge is 0.251 e. The van der Waals surface area contributed by atoms with Gasteiger partial charge in [0.15, 0.2) is 5.11 Å². The molecule has 96 valence electrons. The van der Waals surface area contributed by atoms with Crippen molar-refractivity contribution in [1.29, 1.82) is 0 Å². The molecule has 3 nitrogen and oxygen atoms in total. The van der Waals surface area contributed by atoms with Gasteiger partial charge in [-0.25, -0.2) is 4.39 Å². The SMILES string of the molecule is CC(C)[C@H]1NC(=S)N(Cc2ccc(F)cc2)C1=O. The zero-order valence-electron chi connectivity index (χ0n) is 10.3. The Hall–Kier alpha value is -1.49. The molecule has 18 heavy (non-hydrogen) atoms. The van der Waals surface area contributed by atoms with Crippen molar-refractivity contribution in [3.8, 4) is 0 Å². The van der Waals surface area contributed by atoms with E-state index < -0.39 is 0 Å². The van der Waals surface area contributed by atoms with Gasteiger partial charge in [0, 0.05) is 0 Å². The lowest BCUT2D eigenvalue weighted by Crippen LogP contribution is -2.34. The Bertz CT molecular complexity index is 472. The van der Waals surface area contributed by atoms with Crippen LogP contribution in [0.5, 0.6) is 0 Å². The first-order chi connectivity index (χ1) is 8.49. The molecule has 2 rings (SSSR count). The molecule has 1 fully saturated rings. The summed E-state index contributed by atoms with van der Waals surface area (Å²) >= 11 is 5.16. The van der Waals surface area contributed by atoms with Gasteiger partial charge in [-0.15, -0.1) is 0 Å². The van der Waals surface area contributed by atoms with Crippen molar-refractivity contribution in [3.05, 3.63) is 35.6 Å². The molecule has 1 aromatic carbocycles. The summed E-state index contributed by atoms with van der Waals surface area (Å²) in [5.74, 6) is -0.111. The third-order valence-electron chi connectivity index (χ3n) is 2.98. The molecule has 0 aromatic heterocycles. The Morgan fingerprint density at radius 3 is 2.50 bits per heavy atom. The maximum absolute atomic E-state index is 12.8.